The molecule has 2 aromatic heterocycles. The number of pyridine rings is 1. The second-order valence-electron chi connectivity index (χ2n) is 7.45. The minimum atomic E-state index is -0.699. The Kier molecular flexibility index (Phi) is 4.59. The van der Waals surface area contributed by atoms with Crippen molar-refractivity contribution in [3.63, 3.8) is 0 Å². The zero-order valence-electron chi connectivity index (χ0n) is 16.5. The van der Waals surface area contributed by atoms with Gasteiger partial charge in [0, 0.05) is 41.6 Å². The zero-order valence-corrected chi connectivity index (χ0v) is 16.5. The fourth-order valence-corrected chi connectivity index (χ4v) is 4.13. The number of fused-ring (bicyclic) bond motifs is 1. The number of para-hydroxylation sites is 1. The normalized spacial score (nSPS) is 18.1. The van der Waals surface area contributed by atoms with E-state index in [1.165, 1.54) is 4.90 Å². The number of carbonyl (C=O) groups is 2. The Balaban J connectivity index is 1.68. The van der Waals surface area contributed by atoms with Crippen molar-refractivity contribution >= 4 is 28.4 Å². The number of likely N-dealkylation sites (tertiary alicyclic amines) is 1. The van der Waals surface area contributed by atoms with E-state index in [2.05, 4.69) is 9.97 Å². The summed E-state index contributed by atoms with van der Waals surface area (Å²) in [5.41, 5.74) is 2.98. The number of aromatic nitrogens is 2. The van der Waals surface area contributed by atoms with E-state index in [1.54, 1.807) is 24.7 Å². The molecule has 1 aliphatic heterocycles. The lowest BCUT2D eigenvalue weighted by molar-refractivity contribution is -0.140. The molecule has 1 saturated heterocycles. The van der Waals surface area contributed by atoms with Crippen LogP contribution in [0.4, 0.5) is 0 Å². The van der Waals surface area contributed by atoms with E-state index < -0.39 is 17.7 Å². The Morgan fingerprint density at radius 1 is 1.00 bits per heavy atom. The van der Waals surface area contributed by atoms with Gasteiger partial charge in [0.1, 0.15) is 5.76 Å². The van der Waals surface area contributed by atoms with Gasteiger partial charge in [0.05, 0.1) is 11.6 Å². The molecule has 3 heterocycles. The summed E-state index contributed by atoms with van der Waals surface area (Å²) in [6, 6.07) is 19.7. The summed E-state index contributed by atoms with van der Waals surface area (Å²) in [6.45, 7) is 0.211. The first-order chi connectivity index (χ1) is 15.1. The maximum absolute atomic E-state index is 13.1. The standard InChI is InChI=1S/C25H19N3O3/c29-23(19-14-27-20-11-5-4-10-18(19)20)21-22(17-8-2-1-3-9-17)28(25(31)24(21)30)15-16-7-6-12-26-13-16/h1-14,22,27,29H,15H2/b23-21-. The molecule has 31 heavy (non-hydrogen) atoms. The van der Waals surface area contributed by atoms with Crippen LogP contribution in [0.2, 0.25) is 0 Å². The average Bonchev–Trinajstić information content (AvgIpc) is 3.35. The average molecular weight is 409 g/mol. The monoisotopic (exact) mass is 409 g/mol. The minimum absolute atomic E-state index is 0.0878. The van der Waals surface area contributed by atoms with Gasteiger partial charge in [-0.25, -0.2) is 0 Å². The van der Waals surface area contributed by atoms with E-state index in [0.717, 1.165) is 22.0 Å². The highest BCUT2D eigenvalue weighted by molar-refractivity contribution is 6.46. The smallest absolute Gasteiger partial charge is 0.295 e. The summed E-state index contributed by atoms with van der Waals surface area (Å²) >= 11 is 0. The first-order valence-corrected chi connectivity index (χ1v) is 9.94. The van der Waals surface area contributed by atoms with Gasteiger partial charge in [-0.15, -0.1) is 0 Å². The number of hydrogen-bond acceptors (Lipinski definition) is 4. The molecule has 0 saturated carbocycles. The topological polar surface area (TPSA) is 86.3 Å². The molecule has 5 rings (SSSR count). The summed E-state index contributed by atoms with van der Waals surface area (Å²) in [5.74, 6) is -1.52. The van der Waals surface area contributed by atoms with Gasteiger partial charge < -0.3 is 15.0 Å². The first-order valence-electron chi connectivity index (χ1n) is 9.94. The van der Waals surface area contributed by atoms with Gasteiger partial charge >= 0.3 is 0 Å². The number of aliphatic hydroxyl groups excluding tert-OH is 1. The van der Waals surface area contributed by atoms with Crippen LogP contribution in [0.3, 0.4) is 0 Å². The van der Waals surface area contributed by atoms with Crippen LogP contribution in [-0.2, 0) is 16.1 Å². The van der Waals surface area contributed by atoms with E-state index in [1.807, 2.05) is 60.7 Å². The van der Waals surface area contributed by atoms with Crippen molar-refractivity contribution in [2.75, 3.05) is 0 Å². The number of carbonyl (C=O) groups excluding carboxylic acids is 2. The lowest BCUT2D eigenvalue weighted by atomic mass is 9.95. The Morgan fingerprint density at radius 2 is 1.77 bits per heavy atom. The summed E-state index contributed by atoms with van der Waals surface area (Å²) in [5, 5.41) is 12.0. The van der Waals surface area contributed by atoms with Gasteiger partial charge in [-0.05, 0) is 23.3 Å². The molecule has 0 radical (unpaired) electrons. The molecule has 2 N–H and O–H groups in total. The van der Waals surface area contributed by atoms with Gasteiger partial charge in [0.15, 0.2) is 0 Å². The maximum Gasteiger partial charge on any atom is 0.295 e. The molecule has 6 heteroatoms. The number of ketones is 1. The fourth-order valence-electron chi connectivity index (χ4n) is 4.13. The van der Waals surface area contributed by atoms with Crippen LogP contribution < -0.4 is 0 Å². The number of benzene rings is 2. The number of nitrogens with one attached hydrogen (secondary N) is 1. The fraction of sp³-hybridized carbons (Fsp3) is 0.0800. The lowest BCUT2D eigenvalue weighted by Crippen LogP contribution is -2.29. The third-order valence-electron chi connectivity index (χ3n) is 5.58. The molecule has 0 aliphatic carbocycles. The highest BCUT2D eigenvalue weighted by Gasteiger charge is 2.46. The lowest BCUT2D eigenvalue weighted by Gasteiger charge is -2.25. The van der Waals surface area contributed by atoms with Gasteiger partial charge in [0.25, 0.3) is 11.7 Å². The summed E-state index contributed by atoms with van der Waals surface area (Å²) in [6.07, 6.45) is 4.99. The molecule has 152 valence electrons. The van der Waals surface area contributed by atoms with Crippen LogP contribution in [0.5, 0.6) is 0 Å². The second-order valence-corrected chi connectivity index (χ2v) is 7.45. The molecular weight excluding hydrogens is 390 g/mol. The van der Waals surface area contributed by atoms with Crippen molar-refractivity contribution in [2.45, 2.75) is 12.6 Å². The summed E-state index contributed by atoms with van der Waals surface area (Å²) in [7, 11) is 0. The van der Waals surface area contributed by atoms with Crippen molar-refractivity contribution < 1.29 is 14.7 Å². The molecule has 6 nitrogen and oxygen atoms in total. The molecule has 1 fully saturated rings. The highest BCUT2D eigenvalue weighted by Crippen LogP contribution is 2.41. The van der Waals surface area contributed by atoms with Crippen molar-refractivity contribution in [2.24, 2.45) is 0 Å². The number of nitrogens with zero attached hydrogens (tertiary/aromatic N) is 2. The summed E-state index contributed by atoms with van der Waals surface area (Å²) in [4.78, 5) is 34.9. The van der Waals surface area contributed by atoms with Crippen molar-refractivity contribution in [1.29, 1.82) is 0 Å². The molecule has 2 aromatic carbocycles. The molecule has 0 bridgehead atoms. The van der Waals surface area contributed by atoms with Crippen LogP contribution >= 0.6 is 0 Å². The van der Waals surface area contributed by atoms with Crippen LogP contribution in [0.1, 0.15) is 22.7 Å². The molecule has 4 aromatic rings. The molecule has 1 atom stereocenters. The van der Waals surface area contributed by atoms with E-state index in [9.17, 15) is 14.7 Å². The number of Topliss-reactive ketones (excluding diaryl/α,β-unsaturated/α-hetero) is 1. The van der Waals surface area contributed by atoms with Crippen molar-refractivity contribution in [3.8, 4) is 0 Å². The minimum Gasteiger partial charge on any atom is -0.507 e. The molecular formula is C25H19N3O3. The van der Waals surface area contributed by atoms with E-state index >= 15 is 0 Å². The van der Waals surface area contributed by atoms with E-state index in [-0.39, 0.29) is 17.9 Å². The molecule has 0 spiro atoms. The van der Waals surface area contributed by atoms with E-state index in [0.29, 0.717) is 5.56 Å². The third-order valence-corrected chi connectivity index (χ3v) is 5.58. The second kappa shape index (κ2) is 7.57. The number of aromatic amines is 1. The van der Waals surface area contributed by atoms with Gasteiger partial charge in [-0.3, -0.25) is 14.6 Å². The maximum atomic E-state index is 13.1. The summed E-state index contributed by atoms with van der Waals surface area (Å²) < 4.78 is 0. The number of amides is 1. The number of H-pyrrole nitrogens is 1. The zero-order chi connectivity index (χ0) is 21.4. The predicted molar refractivity (Wildman–Crippen MR) is 117 cm³/mol. The quantitative estimate of drug-likeness (QED) is 0.301. The van der Waals surface area contributed by atoms with Crippen LogP contribution in [0.25, 0.3) is 16.7 Å². The van der Waals surface area contributed by atoms with Crippen LogP contribution in [0, 0.1) is 0 Å². The Bertz CT molecular complexity index is 1310. The predicted octanol–water partition coefficient (Wildman–Crippen LogP) is 4.18. The van der Waals surface area contributed by atoms with Crippen LogP contribution in [-0.4, -0.2) is 31.7 Å². The van der Waals surface area contributed by atoms with Crippen molar-refractivity contribution in [1.82, 2.24) is 14.9 Å². The Morgan fingerprint density at radius 3 is 2.55 bits per heavy atom. The molecule has 1 aliphatic rings. The van der Waals surface area contributed by atoms with Gasteiger partial charge in [-0.1, -0.05) is 54.6 Å². The van der Waals surface area contributed by atoms with Gasteiger partial charge in [0.2, 0.25) is 0 Å². The largest absolute Gasteiger partial charge is 0.507 e. The Labute approximate surface area is 178 Å². The SMILES string of the molecule is O=C1C(=O)N(Cc2cccnc2)C(c2ccccc2)/C1=C(/O)c1c[nH]c2ccccc12. The van der Waals surface area contributed by atoms with E-state index in [4.69, 9.17) is 0 Å². The number of aliphatic hydroxyl groups is 1. The molecule has 1 amide bonds. The first kappa shape index (κ1) is 18.8. The van der Waals surface area contributed by atoms with Gasteiger partial charge in [-0.2, -0.15) is 0 Å². The molecule has 1 unspecified atom stereocenters. The number of hydrogen-bond donors (Lipinski definition) is 2. The Hall–Kier alpha value is -4.19. The van der Waals surface area contributed by atoms with Crippen molar-refractivity contribution in [3.05, 3.63) is 108 Å². The van der Waals surface area contributed by atoms with Crippen LogP contribution in [0.15, 0.2) is 90.9 Å². The highest BCUT2D eigenvalue weighted by atomic mass is 16.3. The number of rotatable bonds is 4. The third kappa shape index (κ3) is 3.18.